The van der Waals surface area contributed by atoms with Crippen LogP contribution in [-0.2, 0) is 6.54 Å². The molecule has 4 rings (SSSR count). The van der Waals surface area contributed by atoms with Crippen molar-refractivity contribution in [2.75, 3.05) is 32.1 Å². The van der Waals surface area contributed by atoms with Crippen molar-refractivity contribution in [1.29, 1.82) is 0 Å². The highest BCUT2D eigenvalue weighted by atomic mass is 16.5. The van der Waals surface area contributed by atoms with Gasteiger partial charge < -0.3 is 19.9 Å². The van der Waals surface area contributed by atoms with Gasteiger partial charge in [-0.15, -0.1) is 10.2 Å². The molecule has 1 fully saturated rings. The number of anilines is 1. The lowest BCUT2D eigenvalue weighted by Gasteiger charge is -2.37. The summed E-state index contributed by atoms with van der Waals surface area (Å²) in [5.41, 5.74) is 1.55. The molecule has 1 aliphatic rings. The molecule has 2 aromatic heterocycles. The van der Waals surface area contributed by atoms with Gasteiger partial charge in [-0.2, -0.15) is 5.10 Å². The molecule has 0 radical (unpaired) electrons. The van der Waals surface area contributed by atoms with Gasteiger partial charge in [0.2, 0.25) is 0 Å². The third kappa shape index (κ3) is 4.90. The van der Waals surface area contributed by atoms with Crippen LogP contribution < -0.4 is 15.0 Å². The summed E-state index contributed by atoms with van der Waals surface area (Å²) in [5.74, 6) is 1.62. The highest BCUT2D eigenvalue weighted by Crippen LogP contribution is 2.20. The quantitative estimate of drug-likeness (QED) is 0.647. The van der Waals surface area contributed by atoms with Crippen molar-refractivity contribution in [3.63, 3.8) is 0 Å². The number of benzene rings is 1. The summed E-state index contributed by atoms with van der Waals surface area (Å²) in [6, 6.07) is 11.3. The van der Waals surface area contributed by atoms with Gasteiger partial charge >= 0.3 is 6.03 Å². The average Bonchev–Trinajstić information content (AvgIpc) is 3.32. The van der Waals surface area contributed by atoms with Gasteiger partial charge in [0.05, 0.1) is 31.6 Å². The Hall–Kier alpha value is -3.69. The van der Waals surface area contributed by atoms with E-state index in [0.717, 1.165) is 43.2 Å². The summed E-state index contributed by atoms with van der Waals surface area (Å²) in [7, 11) is 3.46. The monoisotopic (exact) mass is 422 g/mol. The molecule has 2 amide bonds. The van der Waals surface area contributed by atoms with E-state index in [9.17, 15) is 4.79 Å². The largest absolute Gasteiger partial charge is 0.497 e. The van der Waals surface area contributed by atoms with Crippen LogP contribution in [0.5, 0.6) is 5.75 Å². The van der Waals surface area contributed by atoms with Gasteiger partial charge in [0, 0.05) is 26.3 Å². The molecule has 1 saturated heterocycles. The van der Waals surface area contributed by atoms with Crippen molar-refractivity contribution in [1.82, 2.24) is 35.4 Å². The van der Waals surface area contributed by atoms with E-state index < -0.39 is 0 Å². The fourth-order valence-corrected chi connectivity index (χ4v) is 3.64. The molecule has 0 bridgehead atoms. The number of urea groups is 1. The number of aromatic nitrogens is 5. The lowest BCUT2D eigenvalue weighted by atomic mass is 10.0. The third-order valence-electron chi connectivity index (χ3n) is 5.45. The number of hydrogen-bond acceptors (Lipinski definition) is 7. The minimum atomic E-state index is -0.134. The fourth-order valence-electron chi connectivity index (χ4n) is 3.64. The Morgan fingerprint density at radius 1 is 1.26 bits per heavy atom. The average molecular weight is 422 g/mol. The molecule has 0 spiro atoms. The molecule has 0 saturated carbocycles. The van der Waals surface area contributed by atoms with Crippen molar-refractivity contribution >= 4 is 11.8 Å². The lowest BCUT2D eigenvalue weighted by Crippen LogP contribution is -2.51. The SMILES string of the molecule is COc1ccc(-n2cc(CNC(=O)N(C)C3CCCN(c4cccnn4)C3)nn2)cc1. The normalized spacial score (nSPS) is 16.1. The van der Waals surface area contributed by atoms with Crippen LogP contribution in [0.15, 0.2) is 48.8 Å². The van der Waals surface area contributed by atoms with Gasteiger partial charge in [0.15, 0.2) is 5.82 Å². The zero-order chi connectivity index (χ0) is 21.6. The van der Waals surface area contributed by atoms with E-state index in [-0.39, 0.29) is 12.1 Å². The van der Waals surface area contributed by atoms with Crippen molar-refractivity contribution in [2.24, 2.45) is 0 Å². The maximum atomic E-state index is 12.7. The van der Waals surface area contributed by atoms with Crippen LogP contribution in [0, 0.1) is 0 Å². The first-order chi connectivity index (χ1) is 15.1. The Labute approximate surface area is 180 Å². The van der Waals surface area contributed by atoms with Gasteiger partial charge in [0.25, 0.3) is 0 Å². The smallest absolute Gasteiger partial charge is 0.317 e. The molecule has 1 unspecified atom stereocenters. The Balaban J connectivity index is 1.31. The minimum Gasteiger partial charge on any atom is -0.497 e. The number of nitrogens with one attached hydrogen (secondary N) is 1. The Morgan fingerprint density at radius 3 is 2.84 bits per heavy atom. The number of amides is 2. The molecule has 10 nitrogen and oxygen atoms in total. The molecule has 1 atom stereocenters. The van der Waals surface area contributed by atoms with E-state index >= 15 is 0 Å². The molecule has 3 heterocycles. The van der Waals surface area contributed by atoms with Crippen LogP contribution in [0.4, 0.5) is 10.6 Å². The van der Waals surface area contributed by atoms with E-state index in [1.807, 2.05) is 43.4 Å². The minimum absolute atomic E-state index is 0.103. The molecule has 3 aromatic rings. The van der Waals surface area contributed by atoms with Crippen molar-refractivity contribution in [3.05, 3.63) is 54.5 Å². The van der Waals surface area contributed by atoms with Gasteiger partial charge in [-0.1, -0.05) is 5.21 Å². The van der Waals surface area contributed by atoms with E-state index in [4.69, 9.17) is 4.74 Å². The van der Waals surface area contributed by atoms with E-state index in [1.165, 1.54) is 0 Å². The first-order valence-electron chi connectivity index (χ1n) is 10.2. The third-order valence-corrected chi connectivity index (χ3v) is 5.45. The van der Waals surface area contributed by atoms with Crippen LogP contribution in [-0.4, -0.2) is 69.4 Å². The molecule has 1 N–H and O–H groups in total. The van der Waals surface area contributed by atoms with E-state index in [0.29, 0.717) is 12.2 Å². The van der Waals surface area contributed by atoms with Crippen molar-refractivity contribution in [3.8, 4) is 11.4 Å². The first kappa shape index (κ1) is 20.6. The molecular formula is C21H26N8O2. The second-order valence-corrected chi connectivity index (χ2v) is 7.45. The summed E-state index contributed by atoms with van der Waals surface area (Å²) in [4.78, 5) is 16.6. The summed E-state index contributed by atoms with van der Waals surface area (Å²) in [6.45, 7) is 1.95. The second-order valence-electron chi connectivity index (χ2n) is 7.45. The van der Waals surface area contributed by atoms with Crippen molar-refractivity contribution < 1.29 is 9.53 Å². The highest BCUT2D eigenvalue weighted by molar-refractivity contribution is 5.74. The lowest BCUT2D eigenvalue weighted by molar-refractivity contribution is 0.182. The topological polar surface area (TPSA) is 101 Å². The summed E-state index contributed by atoms with van der Waals surface area (Å²) in [6.07, 6.45) is 5.41. The summed E-state index contributed by atoms with van der Waals surface area (Å²) < 4.78 is 6.84. The van der Waals surface area contributed by atoms with E-state index in [1.54, 1.807) is 29.1 Å². The standard InChI is InChI=1S/C21H26N8O2/c1-27(18-5-4-12-28(15-18)20-6-3-11-23-25-20)21(30)22-13-16-14-29(26-24-16)17-7-9-19(31-2)10-8-17/h3,6-11,14,18H,4-5,12-13,15H2,1-2H3,(H,22,30). The number of carbonyl (C=O) groups is 1. The zero-order valence-electron chi connectivity index (χ0n) is 17.7. The predicted octanol–water partition coefficient (Wildman–Crippen LogP) is 1.88. The number of piperidine rings is 1. The molecule has 1 aliphatic heterocycles. The number of hydrogen-bond donors (Lipinski definition) is 1. The number of likely N-dealkylation sites (N-methyl/N-ethyl adjacent to an activating group) is 1. The van der Waals surface area contributed by atoms with Gasteiger partial charge in [-0.3, -0.25) is 0 Å². The van der Waals surface area contributed by atoms with Crippen LogP contribution >= 0.6 is 0 Å². The van der Waals surface area contributed by atoms with Gasteiger partial charge in [0.1, 0.15) is 11.4 Å². The highest BCUT2D eigenvalue weighted by Gasteiger charge is 2.27. The zero-order valence-corrected chi connectivity index (χ0v) is 17.7. The first-order valence-corrected chi connectivity index (χ1v) is 10.2. The fraction of sp³-hybridized carbons (Fsp3) is 0.381. The van der Waals surface area contributed by atoms with Crippen LogP contribution in [0.2, 0.25) is 0 Å². The number of ether oxygens (including phenoxy) is 1. The Kier molecular flexibility index (Phi) is 6.25. The Morgan fingerprint density at radius 2 is 2.10 bits per heavy atom. The molecule has 1 aromatic carbocycles. The predicted molar refractivity (Wildman–Crippen MR) is 115 cm³/mol. The maximum Gasteiger partial charge on any atom is 0.317 e. The molecule has 10 heteroatoms. The maximum absolute atomic E-state index is 12.7. The molecule has 162 valence electrons. The molecule has 0 aliphatic carbocycles. The number of rotatable bonds is 6. The number of nitrogens with zero attached hydrogens (tertiary/aromatic N) is 7. The van der Waals surface area contributed by atoms with Gasteiger partial charge in [-0.25, -0.2) is 9.48 Å². The second kappa shape index (κ2) is 9.41. The Bertz CT molecular complexity index is 992. The van der Waals surface area contributed by atoms with Crippen LogP contribution in [0.3, 0.4) is 0 Å². The van der Waals surface area contributed by atoms with Crippen LogP contribution in [0.1, 0.15) is 18.5 Å². The van der Waals surface area contributed by atoms with Gasteiger partial charge in [-0.05, 0) is 49.2 Å². The molecular weight excluding hydrogens is 396 g/mol. The van der Waals surface area contributed by atoms with E-state index in [2.05, 4.69) is 30.7 Å². The number of carbonyl (C=O) groups excluding carboxylic acids is 1. The molecule has 31 heavy (non-hydrogen) atoms. The van der Waals surface area contributed by atoms with Crippen molar-refractivity contribution in [2.45, 2.75) is 25.4 Å². The summed E-state index contributed by atoms with van der Waals surface area (Å²) in [5, 5.41) is 19.4. The van der Waals surface area contributed by atoms with Crippen LogP contribution in [0.25, 0.3) is 5.69 Å². The summed E-state index contributed by atoms with van der Waals surface area (Å²) >= 11 is 0. The number of methoxy groups -OCH3 is 1.